The highest BCUT2D eigenvalue weighted by atomic mass is 16.5. The number of hydrogen-bond donors (Lipinski definition) is 0. The summed E-state index contributed by atoms with van der Waals surface area (Å²) in [6.07, 6.45) is 38.2. The second-order valence-corrected chi connectivity index (χ2v) is 11.4. The quantitative estimate of drug-likeness (QED) is 0.0572. The summed E-state index contributed by atoms with van der Waals surface area (Å²) in [5.74, 6) is 0.913. The minimum absolute atomic E-state index is 0.0147. The van der Waals surface area contributed by atoms with Gasteiger partial charge in [-0.3, -0.25) is 4.79 Å². The Labute approximate surface area is 227 Å². The van der Waals surface area contributed by atoms with Gasteiger partial charge >= 0.3 is 5.97 Å². The Kier molecular flexibility index (Phi) is 29.8. The zero-order valence-electron chi connectivity index (χ0n) is 25.1. The lowest BCUT2D eigenvalue weighted by atomic mass is 9.98. The number of hydrogen-bond acceptors (Lipinski definition) is 2. The molecule has 0 spiro atoms. The lowest BCUT2D eigenvalue weighted by Gasteiger charge is -2.08. The van der Waals surface area contributed by atoms with Gasteiger partial charge < -0.3 is 4.74 Å². The Morgan fingerprint density at radius 2 is 1.00 bits per heavy atom. The highest BCUT2D eigenvalue weighted by molar-refractivity contribution is 5.69. The van der Waals surface area contributed by atoms with Crippen molar-refractivity contribution in [3.05, 3.63) is 12.2 Å². The fraction of sp³-hybridized carbons (Fsp3) is 0.912. The molecule has 0 saturated carbocycles. The van der Waals surface area contributed by atoms with Crippen molar-refractivity contribution in [1.82, 2.24) is 0 Å². The molecule has 36 heavy (non-hydrogen) atoms. The first-order chi connectivity index (χ1) is 17.7. The molecular weight excluding hydrogens is 440 g/mol. The van der Waals surface area contributed by atoms with Gasteiger partial charge in [-0.25, -0.2) is 0 Å². The first kappa shape index (κ1) is 35.2. The molecule has 0 rings (SSSR count). The Balaban J connectivity index is 3.24. The highest BCUT2D eigenvalue weighted by Crippen LogP contribution is 2.16. The van der Waals surface area contributed by atoms with Crippen LogP contribution in [0.2, 0.25) is 0 Å². The molecule has 1 unspecified atom stereocenters. The molecule has 0 saturated heterocycles. The van der Waals surface area contributed by atoms with Crippen LogP contribution in [0.3, 0.4) is 0 Å². The van der Waals surface area contributed by atoms with Gasteiger partial charge in [-0.05, 0) is 44.4 Å². The predicted molar refractivity (Wildman–Crippen MR) is 161 cm³/mol. The molecule has 0 aromatic rings. The van der Waals surface area contributed by atoms with Crippen molar-refractivity contribution >= 4 is 5.97 Å². The van der Waals surface area contributed by atoms with E-state index >= 15 is 0 Å². The average molecular weight is 507 g/mol. The normalized spacial score (nSPS) is 12.4. The smallest absolute Gasteiger partial charge is 0.305 e. The van der Waals surface area contributed by atoms with Gasteiger partial charge in [0.25, 0.3) is 0 Å². The fourth-order valence-corrected chi connectivity index (χ4v) is 4.96. The van der Waals surface area contributed by atoms with E-state index in [9.17, 15) is 4.79 Å². The number of unbranched alkanes of at least 4 members (excludes halogenated alkanes) is 19. The zero-order valence-corrected chi connectivity index (χ0v) is 25.1. The number of carbonyl (C=O) groups excluding carboxylic acids is 1. The van der Waals surface area contributed by atoms with Crippen LogP contribution in [0.4, 0.5) is 0 Å². The average Bonchev–Trinajstić information content (AvgIpc) is 2.88. The summed E-state index contributed by atoms with van der Waals surface area (Å²) in [6, 6.07) is 0. The Morgan fingerprint density at radius 3 is 1.58 bits per heavy atom. The van der Waals surface area contributed by atoms with E-state index in [0.717, 1.165) is 25.2 Å². The number of carbonyl (C=O) groups is 1. The van der Waals surface area contributed by atoms with E-state index in [-0.39, 0.29) is 5.97 Å². The number of esters is 1. The van der Waals surface area contributed by atoms with Crippen LogP contribution in [0.1, 0.15) is 188 Å². The highest BCUT2D eigenvalue weighted by Gasteiger charge is 2.03. The summed E-state index contributed by atoms with van der Waals surface area (Å²) in [5, 5.41) is 0. The van der Waals surface area contributed by atoms with Crippen molar-refractivity contribution in [3.63, 3.8) is 0 Å². The van der Waals surface area contributed by atoms with Crippen LogP contribution in [0.5, 0.6) is 0 Å². The lowest BCUT2D eigenvalue weighted by Crippen LogP contribution is -2.05. The fourth-order valence-electron chi connectivity index (χ4n) is 4.96. The second kappa shape index (κ2) is 30.4. The maximum atomic E-state index is 11.9. The van der Waals surface area contributed by atoms with Crippen molar-refractivity contribution in [2.45, 2.75) is 188 Å². The van der Waals surface area contributed by atoms with E-state index in [1.807, 2.05) is 0 Å². The van der Waals surface area contributed by atoms with Crippen molar-refractivity contribution in [2.75, 3.05) is 6.61 Å². The van der Waals surface area contributed by atoms with E-state index in [0.29, 0.717) is 13.0 Å². The molecule has 0 aliphatic rings. The summed E-state index contributed by atoms with van der Waals surface area (Å²) in [6.45, 7) is 7.59. The molecular formula is C34H66O2. The minimum Gasteiger partial charge on any atom is -0.466 e. The standard InChI is InChI=1S/C34H66O2/c1-4-6-8-9-10-11-12-13-16-19-22-25-28-32-36-34(35)31-27-24-21-18-15-14-17-20-23-26-30-33(3)29-7-5-2/h17,20,33H,4-16,18-19,21-32H2,1-3H3/b20-17-. The molecule has 0 heterocycles. The first-order valence-electron chi connectivity index (χ1n) is 16.5. The molecule has 0 bridgehead atoms. The molecule has 0 aliphatic carbocycles. The molecule has 0 aromatic heterocycles. The van der Waals surface area contributed by atoms with E-state index < -0.39 is 0 Å². The van der Waals surface area contributed by atoms with Crippen LogP contribution in [-0.2, 0) is 9.53 Å². The predicted octanol–water partition coefficient (Wildman–Crippen LogP) is 11.9. The van der Waals surface area contributed by atoms with E-state index in [4.69, 9.17) is 4.74 Å². The molecule has 0 radical (unpaired) electrons. The molecule has 0 amide bonds. The molecule has 2 heteroatoms. The second-order valence-electron chi connectivity index (χ2n) is 11.4. The number of rotatable bonds is 29. The monoisotopic (exact) mass is 507 g/mol. The molecule has 1 atom stereocenters. The number of ether oxygens (including phenoxy) is 1. The molecule has 214 valence electrons. The lowest BCUT2D eigenvalue weighted by molar-refractivity contribution is -0.143. The van der Waals surface area contributed by atoms with Crippen LogP contribution in [0.15, 0.2) is 12.2 Å². The SMILES string of the molecule is CCCCCCCCCCCCCCCOC(=O)CCCCCCC/C=C\CCCC(C)CCCC. The van der Waals surface area contributed by atoms with Gasteiger partial charge in [-0.1, -0.05) is 155 Å². The van der Waals surface area contributed by atoms with Crippen LogP contribution >= 0.6 is 0 Å². The summed E-state index contributed by atoms with van der Waals surface area (Å²) >= 11 is 0. The summed E-state index contributed by atoms with van der Waals surface area (Å²) in [5.41, 5.74) is 0. The van der Waals surface area contributed by atoms with Crippen molar-refractivity contribution in [1.29, 1.82) is 0 Å². The molecule has 0 fully saturated rings. The van der Waals surface area contributed by atoms with E-state index in [1.54, 1.807) is 0 Å². The zero-order chi connectivity index (χ0) is 26.4. The van der Waals surface area contributed by atoms with Gasteiger partial charge in [0.05, 0.1) is 6.61 Å². The number of allylic oxidation sites excluding steroid dienone is 2. The first-order valence-corrected chi connectivity index (χ1v) is 16.5. The maximum Gasteiger partial charge on any atom is 0.305 e. The van der Waals surface area contributed by atoms with Crippen LogP contribution in [0, 0.1) is 5.92 Å². The Hall–Kier alpha value is -0.790. The van der Waals surface area contributed by atoms with Crippen molar-refractivity contribution < 1.29 is 9.53 Å². The van der Waals surface area contributed by atoms with Crippen LogP contribution in [-0.4, -0.2) is 12.6 Å². The Bertz CT molecular complexity index is 456. The summed E-state index contributed by atoms with van der Waals surface area (Å²) in [7, 11) is 0. The van der Waals surface area contributed by atoms with Crippen molar-refractivity contribution in [2.24, 2.45) is 5.92 Å². The third kappa shape index (κ3) is 29.4. The molecule has 0 N–H and O–H groups in total. The summed E-state index contributed by atoms with van der Waals surface area (Å²) in [4.78, 5) is 11.9. The van der Waals surface area contributed by atoms with E-state index in [2.05, 4.69) is 32.9 Å². The maximum absolute atomic E-state index is 11.9. The summed E-state index contributed by atoms with van der Waals surface area (Å²) < 4.78 is 5.42. The third-order valence-electron chi connectivity index (χ3n) is 7.55. The van der Waals surface area contributed by atoms with Crippen LogP contribution in [0.25, 0.3) is 0 Å². The largest absolute Gasteiger partial charge is 0.466 e. The minimum atomic E-state index is 0.0147. The van der Waals surface area contributed by atoms with Gasteiger partial charge in [0, 0.05) is 6.42 Å². The van der Waals surface area contributed by atoms with Gasteiger partial charge in [0.15, 0.2) is 0 Å². The van der Waals surface area contributed by atoms with Gasteiger partial charge in [-0.15, -0.1) is 0 Å². The van der Waals surface area contributed by atoms with E-state index in [1.165, 1.54) is 141 Å². The Morgan fingerprint density at radius 1 is 0.556 bits per heavy atom. The molecule has 0 aromatic carbocycles. The van der Waals surface area contributed by atoms with Crippen LogP contribution < -0.4 is 0 Å². The van der Waals surface area contributed by atoms with Crippen molar-refractivity contribution in [3.8, 4) is 0 Å². The molecule has 0 aliphatic heterocycles. The van der Waals surface area contributed by atoms with Gasteiger partial charge in [0.2, 0.25) is 0 Å². The molecule has 2 nitrogen and oxygen atoms in total. The third-order valence-corrected chi connectivity index (χ3v) is 7.55. The van der Waals surface area contributed by atoms with Gasteiger partial charge in [-0.2, -0.15) is 0 Å². The topological polar surface area (TPSA) is 26.3 Å². The van der Waals surface area contributed by atoms with Gasteiger partial charge in [0.1, 0.15) is 0 Å².